The molecular weight excluding hydrogens is 288 g/mol. The summed E-state index contributed by atoms with van der Waals surface area (Å²) in [7, 11) is 0. The second-order valence-electron chi connectivity index (χ2n) is 6.52. The molecule has 23 heavy (non-hydrogen) atoms. The van der Waals surface area contributed by atoms with Crippen LogP contribution in [-0.4, -0.2) is 37.0 Å². The first kappa shape index (κ1) is 17.8. The molecule has 1 aromatic rings. The number of rotatable bonds is 9. The number of primary amides is 1. The van der Waals surface area contributed by atoms with Crippen molar-refractivity contribution in [2.45, 2.75) is 45.4 Å². The molecule has 128 valence electrons. The molecule has 2 N–H and O–H groups in total. The number of likely N-dealkylation sites (tertiary alicyclic amines) is 1. The van der Waals surface area contributed by atoms with Gasteiger partial charge in [0.2, 0.25) is 5.91 Å². The van der Waals surface area contributed by atoms with Gasteiger partial charge in [0.05, 0.1) is 6.61 Å². The van der Waals surface area contributed by atoms with E-state index in [4.69, 9.17) is 10.5 Å². The summed E-state index contributed by atoms with van der Waals surface area (Å²) in [5.74, 6) is 1.26. The first-order valence-corrected chi connectivity index (χ1v) is 8.94. The Labute approximate surface area is 140 Å². The van der Waals surface area contributed by atoms with Crippen molar-refractivity contribution in [1.29, 1.82) is 0 Å². The molecule has 0 atom stereocenters. The zero-order valence-corrected chi connectivity index (χ0v) is 14.3. The average molecular weight is 318 g/mol. The van der Waals surface area contributed by atoms with E-state index in [1.54, 1.807) is 12.1 Å². The molecular formula is C19H30N2O2. The minimum Gasteiger partial charge on any atom is -0.494 e. The van der Waals surface area contributed by atoms with Crippen LogP contribution in [0, 0.1) is 5.92 Å². The number of ether oxygens (including phenoxy) is 1. The molecule has 1 aliphatic rings. The lowest BCUT2D eigenvalue weighted by Gasteiger charge is -2.31. The van der Waals surface area contributed by atoms with E-state index in [1.807, 2.05) is 12.1 Å². The summed E-state index contributed by atoms with van der Waals surface area (Å²) in [4.78, 5) is 13.6. The molecule has 0 spiro atoms. The zero-order valence-electron chi connectivity index (χ0n) is 14.3. The fourth-order valence-corrected chi connectivity index (χ4v) is 3.16. The number of unbranched alkanes of at least 4 members (excludes halogenated alkanes) is 1. The Hall–Kier alpha value is -1.55. The van der Waals surface area contributed by atoms with Gasteiger partial charge in [0, 0.05) is 5.56 Å². The van der Waals surface area contributed by atoms with E-state index in [-0.39, 0.29) is 0 Å². The van der Waals surface area contributed by atoms with Crippen LogP contribution in [0.2, 0.25) is 0 Å². The highest BCUT2D eigenvalue weighted by Gasteiger charge is 2.18. The Balaban J connectivity index is 1.58. The Morgan fingerprint density at radius 3 is 2.52 bits per heavy atom. The maximum atomic E-state index is 11.0. The summed E-state index contributed by atoms with van der Waals surface area (Å²) in [6.07, 6.45) is 7.62. The quantitative estimate of drug-likeness (QED) is 0.709. The number of benzene rings is 1. The second kappa shape index (κ2) is 9.56. The van der Waals surface area contributed by atoms with Crippen LogP contribution in [0.25, 0.3) is 0 Å². The van der Waals surface area contributed by atoms with E-state index < -0.39 is 5.91 Å². The summed E-state index contributed by atoms with van der Waals surface area (Å²) in [6, 6.07) is 7.05. The predicted octanol–water partition coefficient (Wildman–Crippen LogP) is 3.46. The van der Waals surface area contributed by atoms with Crippen molar-refractivity contribution in [3.8, 4) is 5.75 Å². The average Bonchev–Trinajstić information content (AvgIpc) is 2.58. The maximum absolute atomic E-state index is 11.0. The van der Waals surface area contributed by atoms with Crippen LogP contribution in [0.1, 0.15) is 55.8 Å². The van der Waals surface area contributed by atoms with Gasteiger partial charge in [-0.1, -0.05) is 13.3 Å². The first-order chi connectivity index (χ1) is 11.2. The third-order valence-electron chi connectivity index (χ3n) is 4.70. The van der Waals surface area contributed by atoms with Gasteiger partial charge in [-0.3, -0.25) is 4.79 Å². The van der Waals surface area contributed by atoms with Gasteiger partial charge in [-0.2, -0.15) is 0 Å². The number of carbonyl (C=O) groups is 1. The smallest absolute Gasteiger partial charge is 0.248 e. The molecule has 0 bridgehead atoms. The molecule has 0 unspecified atom stereocenters. The van der Waals surface area contributed by atoms with Gasteiger partial charge in [-0.25, -0.2) is 0 Å². The number of nitrogens with two attached hydrogens (primary N) is 1. The predicted molar refractivity (Wildman–Crippen MR) is 93.8 cm³/mol. The lowest BCUT2D eigenvalue weighted by molar-refractivity contribution is 0.100. The van der Waals surface area contributed by atoms with E-state index in [2.05, 4.69) is 11.8 Å². The molecule has 4 nitrogen and oxygen atoms in total. The molecule has 0 aromatic heterocycles. The highest BCUT2D eigenvalue weighted by atomic mass is 16.5. The van der Waals surface area contributed by atoms with Gasteiger partial charge in [0.1, 0.15) is 5.75 Å². The zero-order chi connectivity index (χ0) is 16.5. The minimum absolute atomic E-state index is 0.401. The molecule has 2 rings (SSSR count). The standard InChI is InChI=1S/C19H30N2O2/c1-2-3-12-21-13-10-16(11-14-21)5-4-15-23-18-8-6-17(7-9-18)19(20)22/h6-9,16H,2-5,10-15H2,1H3,(H2,20,22). The largest absolute Gasteiger partial charge is 0.494 e. The van der Waals surface area contributed by atoms with E-state index in [0.29, 0.717) is 5.56 Å². The monoisotopic (exact) mass is 318 g/mol. The van der Waals surface area contributed by atoms with Gasteiger partial charge >= 0.3 is 0 Å². The lowest BCUT2D eigenvalue weighted by atomic mass is 9.92. The van der Waals surface area contributed by atoms with Crippen molar-refractivity contribution < 1.29 is 9.53 Å². The van der Waals surface area contributed by atoms with E-state index in [9.17, 15) is 4.79 Å². The van der Waals surface area contributed by atoms with E-state index in [0.717, 1.165) is 24.7 Å². The van der Waals surface area contributed by atoms with Crippen LogP contribution in [0.15, 0.2) is 24.3 Å². The molecule has 1 fully saturated rings. The summed E-state index contributed by atoms with van der Waals surface area (Å²) in [6.45, 7) is 6.80. The van der Waals surface area contributed by atoms with Crippen LogP contribution >= 0.6 is 0 Å². The van der Waals surface area contributed by atoms with Crippen LogP contribution in [0.4, 0.5) is 0 Å². The molecule has 1 aliphatic heterocycles. The fraction of sp³-hybridized carbons (Fsp3) is 0.632. The van der Waals surface area contributed by atoms with Gasteiger partial charge in [-0.15, -0.1) is 0 Å². The Morgan fingerprint density at radius 1 is 1.22 bits per heavy atom. The number of piperidine rings is 1. The van der Waals surface area contributed by atoms with Gasteiger partial charge in [0.25, 0.3) is 0 Å². The Kier molecular flexibility index (Phi) is 7.40. The molecule has 0 saturated carbocycles. The normalized spacial score (nSPS) is 16.4. The number of amides is 1. The van der Waals surface area contributed by atoms with Crippen molar-refractivity contribution in [2.75, 3.05) is 26.2 Å². The highest BCUT2D eigenvalue weighted by Crippen LogP contribution is 2.22. The third kappa shape index (κ3) is 6.22. The summed E-state index contributed by atoms with van der Waals surface area (Å²) >= 11 is 0. The SMILES string of the molecule is CCCCN1CCC(CCCOc2ccc(C(N)=O)cc2)CC1. The maximum Gasteiger partial charge on any atom is 0.248 e. The number of hydrogen-bond acceptors (Lipinski definition) is 3. The molecule has 0 aliphatic carbocycles. The van der Waals surface area contributed by atoms with Crippen molar-refractivity contribution in [3.63, 3.8) is 0 Å². The van der Waals surface area contributed by atoms with Crippen molar-refractivity contribution in [3.05, 3.63) is 29.8 Å². The van der Waals surface area contributed by atoms with Crippen molar-refractivity contribution in [2.24, 2.45) is 11.7 Å². The Morgan fingerprint density at radius 2 is 1.91 bits per heavy atom. The molecule has 0 radical (unpaired) electrons. The molecule has 1 amide bonds. The van der Waals surface area contributed by atoms with Gasteiger partial charge < -0.3 is 15.4 Å². The third-order valence-corrected chi connectivity index (χ3v) is 4.70. The van der Waals surface area contributed by atoms with Crippen LogP contribution in [-0.2, 0) is 0 Å². The summed E-state index contributed by atoms with van der Waals surface area (Å²) < 4.78 is 5.74. The Bertz CT molecular complexity index is 465. The topological polar surface area (TPSA) is 55.6 Å². The molecule has 1 aromatic carbocycles. The summed E-state index contributed by atoms with van der Waals surface area (Å²) in [5.41, 5.74) is 5.74. The van der Waals surface area contributed by atoms with E-state index in [1.165, 1.54) is 51.7 Å². The van der Waals surface area contributed by atoms with Crippen LogP contribution in [0.3, 0.4) is 0 Å². The minimum atomic E-state index is -0.401. The lowest BCUT2D eigenvalue weighted by Crippen LogP contribution is -2.34. The van der Waals surface area contributed by atoms with Crippen molar-refractivity contribution >= 4 is 5.91 Å². The second-order valence-corrected chi connectivity index (χ2v) is 6.52. The van der Waals surface area contributed by atoms with Gasteiger partial charge in [0.15, 0.2) is 0 Å². The van der Waals surface area contributed by atoms with Crippen LogP contribution < -0.4 is 10.5 Å². The molecule has 1 heterocycles. The summed E-state index contributed by atoms with van der Waals surface area (Å²) in [5, 5.41) is 0. The molecule has 1 saturated heterocycles. The number of carbonyl (C=O) groups excluding carboxylic acids is 1. The number of hydrogen-bond donors (Lipinski definition) is 1. The van der Waals surface area contributed by atoms with Crippen molar-refractivity contribution in [1.82, 2.24) is 4.90 Å². The van der Waals surface area contributed by atoms with Gasteiger partial charge in [-0.05, 0) is 81.9 Å². The fourth-order valence-electron chi connectivity index (χ4n) is 3.16. The highest BCUT2D eigenvalue weighted by molar-refractivity contribution is 5.92. The first-order valence-electron chi connectivity index (χ1n) is 8.94. The van der Waals surface area contributed by atoms with Crippen LogP contribution in [0.5, 0.6) is 5.75 Å². The molecule has 4 heteroatoms. The number of nitrogens with zero attached hydrogens (tertiary/aromatic N) is 1. The van der Waals surface area contributed by atoms with E-state index >= 15 is 0 Å².